The van der Waals surface area contributed by atoms with Crippen molar-refractivity contribution < 1.29 is 14.6 Å². The van der Waals surface area contributed by atoms with Gasteiger partial charge in [-0.3, -0.25) is 9.69 Å². The van der Waals surface area contributed by atoms with Crippen molar-refractivity contribution in [1.29, 1.82) is 0 Å². The van der Waals surface area contributed by atoms with Gasteiger partial charge in [-0.2, -0.15) is 4.37 Å². The zero-order chi connectivity index (χ0) is 24.2. The van der Waals surface area contributed by atoms with Gasteiger partial charge >= 0.3 is 5.97 Å². The second-order valence-corrected chi connectivity index (χ2v) is 10.0. The lowest BCUT2D eigenvalue weighted by Gasteiger charge is -2.30. The number of benzene rings is 2. The minimum atomic E-state index is -0.668. The summed E-state index contributed by atoms with van der Waals surface area (Å²) in [5, 5.41) is 10.2. The smallest absolute Gasteiger partial charge is 0.306 e. The highest BCUT2D eigenvalue weighted by molar-refractivity contribution is 7.09. The monoisotopic (exact) mass is 479 g/mol. The number of carboxylic acid groups (broad SMARTS) is 1. The Labute approximate surface area is 205 Å². The SMILES string of the molecule is CCc1c(CN2CCC(C(=O)O)CC2)cccc1-c1nsc(-c2ccc(OC(C)C)c(C)c2)n1. The van der Waals surface area contributed by atoms with Crippen LogP contribution in [0.5, 0.6) is 5.75 Å². The number of aromatic nitrogens is 2. The van der Waals surface area contributed by atoms with Gasteiger partial charge in [0.2, 0.25) is 0 Å². The Bertz CT molecular complexity index is 1150. The summed E-state index contributed by atoms with van der Waals surface area (Å²) in [6.45, 7) is 10.8. The third-order valence-electron chi connectivity index (χ3n) is 6.41. The Morgan fingerprint density at radius 3 is 2.65 bits per heavy atom. The van der Waals surface area contributed by atoms with Crippen LogP contribution in [0.3, 0.4) is 0 Å². The molecule has 0 atom stereocenters. The highest BCUT2D eigenvalue weighted by atomic mass is 32.1. The van der Waals surface area contributed by atoms with E-state index >= 15 is 0 Å². The van der Waals surface area contributed by atoms with Crippen molar-refractivity contribution in [1.82, 2.24) is 14.3 Å². The fourth-order valence-electron chi connectivity index (χ4n) is 4.61. The number of carboxylic acids is 1. The molecule has 6 nitrogen and oxygen atoms in total. The van der Waals surface area contributed by atoms with Gasteiger partial charge in [-0.1, -0.05) is 25.1 Å². The number of aliphatic carboxylic acids is 1. The molecule has 2 heterocycles. The summed E-state index contributed by atoms with van der Waals surface area (Å²) in [6, 6.07) is 12.5. The molecule has 1 aromatic heterocycles. The number of likely N-dealkylation sites (tertiary alicyclic amines) is 1. The van der Waals surface area contributed by atoms with Crippen molar-refractivity contribution in [3.05, 3.63) is 53.1 Å². The van der Waals surface area contributed by atoms with Crippen molar-refractivity contribution in [2.45, 2.75) is 59.6 Å². The standard InChI is InChI=1S/C27H33N3O3S/c1-5-22-21(16-30-13-11-19(12-14-30)27(31)32)7-6-8-23(22)25-28-26(34-29-25)20-9-10-24(18(4)15-20)33-17(2)3/h6-10,15,17,19H,5,11-14,16H2,1-4H3,(H,31,32). The molecule has 1 aliphatic rings. The molecule has 0 amide bonds. The first-order valence-electron chi connectivity index (χ1n) is 12.0. The van der Waals surface area contributed by atoms with E-state index in [1.54, 1.807) is 0 Å². The zero-order valence-corrected chi connectivity index (χ0v) is 21.2. The average molecular weight is 480 g/mol. The number of ether oxygens (including phenoxy) is 1. The number of aryl methyl sites for hydroxylation is 1. The van der Waals surface area contributed by atoms with Gasteiger partial charge < -0.3 is 9.84 Å². The van der Waals surface area contributed by atoms with Crippen LogP contribution in [-0.2, 0) is 17.8 Å². The highest BCUT2D eigenvalue weighted by Crippen LogP contribution is 2.32. The van der Waals surface area contributed by atoms with Crippen LogP contribution in [0.25, 0.3) is 22.0 Å². The number of piperidine rings is 1. The maximum atomic E-state index is 11.3. The van der Waals surface area contributed by atoms with Crippen LogP contribution < -0.4 is 4.74 Å². The number of hydrogen-bond acceptors (Lipinski definition) is 6. The Hall–Kier alpha value is -2.77. The van der Waals surface area contributed by atoms with Crippen LogP contribution in [0.1, 0.15) is 50.3 Å². The quantitative estimate of drug-likeness (QED) is 0.438. The maximum Gasteiger partial charge on any atom is 0.306 e. The molecule has 3 aromatic rings. The van der Waals surface area contributed by atoms with Gasteiger partial charge in [0.25, 0.3) is 0 Å². The minimum Gasteiger partial charge on any atom is -0.491 e. The molecule has 1 fully saturated rings. The fourth-order valence-corrected chi connectivity index (χ4v) is 5.28. The first-order chi connectivity index (χ1) is 16.4. The van der Waals surface area contributed by atoms with E-state index in [4.69, 9.17) is 14.1 Å². The third kappa shape index (κ3) is 5.47. The molecule has 7 heteroatoms. The lowest BCUT2D eigenvalue weighted by atomic mass is 9.94. The minimum absolute atomic E-state index is 0.140. The Kier molecular flexibility index (Phi) is 7.63. The highest BCUT2D eigenvalue weighted by Gasteiger charge is 2.25. The van der Waals surface area contributed by atoms with E-state index in [1.165, 1.54) is 22.7 Å². The van der Waals surface area contributed by atoms with Gasteiger partial charge in [-0.25, -0.2) is 4.98 Å². The van der Waals surface area contributed by atoms with Crippen LogP contribution >= 0.6 is 11.5 Å². The van der Waals surface area contributed by atoms with Crippen LogP contribution in [0.4, 0.5) is 0 Å². The summed E-state index contributed by atoms with van der Waals surface area (Å²) in [6.07, 6.45) is 2.47. The van der Waals surface area contributed by atoms with Crippen LogP contribution in [0.15, 0.2) is 36.4 Å². The first kappa shape index (κ1) is 24.4. The summed E-state index contributed by atoms with van der Waals surface area (Å²) < 4.78 is 10.6. The first-order valence-corrected chi connectivity index (χ1v) is 12.8. The van der Waals surface area contributed by atoms with Crippen molar-refractivity contribution >= 4 is 17.5 Å². The molecule has 0 radical (unpaired) electrons. The Balaban J connectivity index is 1.54. The summed E-state index contributed by atoms with van der Waals surface area (Å²) in [7, 11) is 0. The van der Waals surface area contributed by atoms with Gasteiger partial charge in [-0.15, -0.1) is 0 Å². The topological polar surface area (TPSA) is 75.6 Å². The second kappa shape index (κ2) is 10.7. The third-order valence-corrected chi connectivity index (χ3v) is 7.17. The summed E-state index contributed by atoms with van der Waals surface area (Å²) in [5.41, 5.74) is 5.76. The number of hydrogen-bond donors (Lipinski definition) is 1. The molecular weight excluding hydrogens is 446 g/mol. The predicted molar refractivity (Wildman–Crippen MR) is 136 cm³/mol. The second-order valence-electron chi connectivity index (χ2n) is 9.26. The number of carbonyl (C=O) groups is 1. The zero-order valence-electron chi connectivity index (χ0n) is 20.4. The number of nitrogens with zero attached hydrogens (tertiary/aromatic N) is 3. The van der Waals surface area contributed by atoms with Crippen LogP contribution in [0.2, 0.25) is 0 Å². The maximum absolute atomic E-state index is 11.3. The molecule has 0 bridgehead atoms. The number of rotatable bonds is 8. The molecule has 0 saturated carbocycles. The lowest BCUT2D eigenvalue weighted by molar-refractivity contribution is -0.143. The summed E-state index contributed by atoms with van der Waals surface area (Å²) in [4.78, 5) is 18.5. The molecule has 1 saturated heterocycles. The van der Waals surface area contributed by atoms with E-state index in [-0.39, 0.29) is 12.0 Å². The molecule has 34 heavy (non-hydrogen) atoms. The lowest BCUT2D eigenvalue weighted by Crippen LogP contribution is -2.36. The molecule has 0 spiro atoms. The van der Waals surface area contributed by atoms with Gasteiger partial charge in [0.15, 0.2) is 5.82 Å². The molecule has 0 unspecified atom stereocenters. The summed E-state index contributed by atoms with van der Waals surface area (Å²) >= 11 is 1.42. The average Bonchev–Trinajstić information content (AvgIpc) is 3.30. The molecule has 2 aromatic carbocycles. The van der Waals surface area contributed by atoms with E-state index in [9.17, 15) is 9.90 Å². The van der Waals surface area contributed by atoms with Crippen molar-refractivity contribution in [2.75, 3.05) is 13.1 Å². The van der Waals surface area contributed by atoms with E-state index in [1.807, 2.05) is 26.0 Å². The van der Waals surface area contributed by atoms with E-state index in [2.05, 4.69) is 43.0 Å². The predicted octanol–water partition coefficient (Wildman–Crippen LogP) is 5.83. The van der Waals surface area contributed by atoms with Gasteiger partial charge in [0, 0.05) is 17.7 Å². The molecule has 180 valence electrons. The molecule has 1 aliphatic heterocycles. The van der Waals surface area contributed by atoms with Crippen LogP contribution in [-0.4, -0.2) is 44.5 Å². The van der Waals surface area contributed by atoms with Crippen molar-refractivity contribution in [3.63, 3.8) is 0 Å². The van der Waals surface area contributed by atoms with Crippen molar-refractivity contribution in [2.24, 2.45) is 5.92 Å². The molecule has 1 N–H and O–H groups in total. The van der Waals surface area contributed by atoms with Crippen LogP contribution in [0, 0.1) is 12.8 Å². The van der Waals surface area contributed by atoms with Gasteiger partial charge in [-0.05, 0) is 99.5 Å². The summed E-state index contributed by atoms with van der Waals surface area (Å²) in [5.74, 6) is 0.791. The molecule has 0 aliphatic carbocycles. The van der Waals surface area contributed by atoms with Crippen molar-refractivity contribution in [3.8, 4) is 27.7 Å². The normalized spacial score (nSPS) is 15.1. The Morgan fingerprint density at radius 2 is 2.00 bits per heavy atom. The Morgan fingerprint density at radius 1 is 1.24 bits per heavy atom. The molecular formula is C27H33N3O3S. The van der Waals surface area contributed by atoms with Gasteiger partial charge in [0.1, 0.15) is 10.8 Å². The van der Waals surface area contributed by atoms with E-state index < -0.39 is 5.97 Å². The van der Waals surface area contributed by atoms with E-state index in [0.717, 1.165) is 59.3 Å². The van der Waals surface area contributed by atoms with E-state index in [0.29, 0.717) is 12.8 Å². The largest absolute Gasteiger partial charge is 0.491 e. The molecule has 4 rings (SSSR count). The fraction of sp³-hybridized carbons (Fsp3) is 0.444. The van der Waals surface area contributed by atoms with Gasteiger partial charge in [0.05, 0.1) is 12.0 Å².